The van der Waals surface area contributed by atoms with Crippen molar-refractivity contribution in [1.82, 2.24) is 10.2 Å². The van der Waals surface area contributed by atoms with Crippen LogP contribution in [0.15, 0.2) is 41.3 Å². The fourth-order valence-electron chi connectivity index (χ4n) is 1.53. The third-order valence-electron chi connectivity index (χ3n) is 2.63. The second kappa shape index (κ2) is 7.42. The fraction of sp³-hybridized carbons (Fsp3) is 0.286. The number of thioether (sulfide) groups is 1. The van der Waals surface area contributed by atoms with E-state index in [0.29, 0.717) is 12.3 Å². The molecule has 1 unspecified atom stereocenters. The predicted octanol–water partition coefficient (Wildman–Crippen LogP) is 3.27. The number of aromatic nitrogens is 2. The van der Waals surface area contributed by atoms with E-state index in [9.17, 15) is 5.11 Å². The maximum absolute atomic E-state index is 10.1. The summed E-state index contributed by atoms with van der Waals surface area (Å²) < 4.78 is 0.850. The molecule has 0 bridgehead atoms. The van der Waals surface area contributed by atoms with Gasteiger partial charge in [0.05, 0.1) is 6.10 Å². The number of aliphatic hydroxyl groups excluding tert-OH is 1. The minimum Gasteiger partial charge on any atom is -0.388 e. The highest BCUT2D eigenvalue weighted by atomic mass is 32.2. The van der Waals surface area contributed by atoms with Gasteiger partial charge in [-0.25, -0.2) is 0 Å². The van der Waals surface area contributed by atoms with E-state index < -0.39 is 6.10 Å². The van der Waals surface area contributed by atoms with Gasteiger partial charge in [-0.05, 0) is 12.5 Å². The first kappa shape index (κ1) is 15.0. The van der Waals surface area contributed by atoms with Crippen molar-refractivity contribution in [2.24, 2.45) is 0 Å². The van der Waals surface area contributed by atoms with Crippen molar-refractivity contribution in [2.45, 2.75) is 17.4 Å². The molecule has 1 aromatic heterocycles. The van der Waals surface area contributed by atoms with Crippen LogP contribution in [0.5, 0.6) is 0 Å². The summed E-state index contributed by atoms with van der Waals surface area (Å²) in [7, 11) is 0. The Balaban J connectivity index is 1.86. The molecular weight excluding hydrogens is 290 g/mol. The van der Waals surface area contributed by atoms with E-state index in [-0.39, 0.29) is 0 Å². The third kappa shape index (κ3) is 4.33. The van der Waals surface area contributed by atoms with Crippen LogP contribution in [0.25, 0.3) is 0 Å². The first-order chi connectivity index (χ1) is 9.69. The van der Waals surface area contributed by atoms with Crippen LogP contribution in [0.2, 0.25) is 0 Å². The van der Waals surface area contributed by atoms with Gasteiger partial charge in [0, 0.05) is 12.3 Å². The van der Waals surface area contributed by atoms with Crippen LogP contribution >= 0.6 is 23.1 Å². The SMILES string of the molecule is C=CCNc1nnc(SCC(O)c2ccc(C)cc2)s1. The Morgan fingerprint density at radius 3 is 2.85 bits per heavy atom. The fourth-order valence-corrected chi connectivity index (χ4v) is 3.29. The molecule has 0 spiro atoms. The zero-order valence-electron chi connectivity index (χ0n) is 11.2. The molecule has 2 rings (SSSR count). The Kier molecular flexibility index (Phi) is 5.58. The Morgan fingerprint density at radius 2 is 2.15 bits per heavy atom. The molecule has 0 fully saturated rings. The van der Waals surface area contributed by atoms with E-state index in [1.807, 2.05) is 31.2 Å². The summed E-state index contributed by atoms with van der Waals surface area (Å²) in [4.78, 5) is 0. The highest BCUT2D eigenvalue weighted by Crippen LogP contribution is 2.29. The highest BCUT2D eigenvalue weighted by molar-refractivity contribution is 8.01. The van der Waals surface area contributed by atoms with Crippen LogP contribution in [0.4, 0.5) is 5.13 Å². The molecule has 4 nitrogen and oxygen atoms in total. The lowest BCUT2D eigenvalue weighted by molar-refractivity contribution is 0.204. The average molecular weight is 307 g/mol. The molecule has 1 aromatic carbocycles. The molecule has 0 aliphatic rings. The first-order valence-corrected chi connectivity index (χ1v) is 8.05. The Labute approximate surface area is 127 Å². The van der Waals surface area contributed by atoms with Crippen LogP contribution in [-0.2, 0) is 0 Å². The third-order valence-corrected chi connectivity index (χ3v) is 4.72. The topological polar surface area (TPSA) is 58.0 Å². The summed E-state index contributed by atoms with van der Waals surface area (Å²) in [6.45, 7) is 6.34. The highest BCUT2D eigenvalue weighted by Gasteiger charge is 2.10. The Morgan fingerprint density at radius 1 is 1.40 bits per heavy atom. The number of rotatable bonds is 7. The van der Waals surface area contributed by atoms with Crippen LogP contribution in [0.3, 0.4) is 0 Å². The van der Waals surface area contributed by atoms with E-state index in [1.165, 1.54) is 28.7 Å². The van der Waals surface area contributed by atoms with Gasteiger partial charge in [-0.2, -0.15) is 0 Å². The number of aryl methyl sites for hydroxylation is 1. The van der Waals surface area contributed by atoms with E-state index in [0.717, 1.165) is 15.0 Å². The number of anilines is 1. The zero-order valence-corrected chi connectivity index (χ0v) is 12.9. The molecule has 0 saturated carbocycles. The van der Waals surface area contributed by atoms with Crippen molar-refractivity contribution < 1.29 is 5.11 Å². The number of nitrogens with zero attached hydrogens (tertiary/aromatic N) is 2. The lowest BCUT2D eigenvalue weighted by atomic mass is 10.1. The van der Waals surface area contributed by atoms with Gasteiger partial charge in [-0.1, -0.05) is 59.0 Å². The number of aliphatic hydroxyl groups is 1. The molecular formula is C14H17N3OS2. The van der Waals surface area contributed by atoms with Crippen molar-refractivity contribution in [3.05, 3.63) is 48.0 Å². The first-order valence-electron chi connectivity index (χ1n) is 6.24. The molecule has 0 amide bonds. The van der Waals surface area contributed by atoms with Gasteiger partial charge in [0.25, 0.3) is 0 Å². The summed E-state index contributed by atoms with van der Waals surface area (Å²) in [5, 5.41) is 22.1. The van der Waals surface area contributed by atoms with Crippen molar-refractivity contribution in [1.29, 1.82) is 0 Å². The summed E-state index contributed by atoms with van der Waals surface area (Å²) in [5.74, 6) is 0.569. The van der Waals surface area contributed by atoms with Gasteiger partial charge >= 0.3 is 0 Å². The monoisotopic (exact) mass is 307 g/mol. The van der Waals surface area contributed by atoms with Crippen LogP contribution < -0.4 is 5.32 Å². The maximum Gasteiger partial charge on any atom is 0.206 e. The largest absolute Gasteiger partial charge is 0.388 e. The standard InChI is InChI=1S/C14H17N3OS2/c1-3-8-15-13-16-17-14(20-13)19-9-12(18)11-6-4-10(2)5-7-11/h3-7,12,18H,1,8-9H2,2H3,(H,15,16). The minimum atomic E-state index is -0.492. The normalized spacial score (nSPS) is 12.1. The van der Waals surface area contributed by atoms with E-state index in [4.69, 9.17) is 0 Å². The minimum absolute atomic E-state index is 0.492. The smallest absolute Gasteiger partial charge is 0.206 e. The number of hydrogen-bond acceptors (Lipinski definition) is 6. The Hall–Kier alpha value is -1.37. The van der Waals surface area contributed by atoms with Gasteiger partial charge in [0.15, 0.2) is 4.34 Å². The van der Waals surface area contributed by atoms with Gasteiger partial charge in [0.2, 0.25) is 5.13 Å². The van der Waals surface area contributed by atoms with Crippen LogP contribution in [0, 0.1) is 6.92 Å². The number of benzene rings is 1. The summed E-state index contributed by atoms with van der Waals surface area (Å²) in [6.07, 6.45) is 1.28. The van der Waals surface area contributed by atoms with Crippen molar-refractivity contribution >= 4 is 28.2 Å². The predicted molar refractivity (Wildman–Crippen MR) is 85.5 cm³/mol. The second-order valence-electron chi connectivity index (χ2n) is 4.28. The molecule has 106 valence electrons. The molecule has 0 saturated heterocycles. The average Bonchev–Trinajstić information content (AvgIpc) is 2.91. The second-order valence-corrected chi connectivity index (χ2v) is 6.52. The van der Waals surface area contributed by atoms with Gasteiger partial charge in [-0.3, -0.25) is 0 Å². The van der Waals surface area contributed by atoms with Crippen molar-refractivity contribution in [3.63, 3.8) is 0 Å². The van der Waals surface area contributed by atoms with E-state index in [2.05, 4.69) is 22.1 Å². The van der Waals surface area contributed by atoms with Gasteiger partial charge < -0.3 is 10.4 Å². The lowest BCUT2D eigenvalue weighted by Crippen LogP contribution is -2.00. The molecule has 20 heavy (non-hydrogen) atoms. The molecule has 1 atom stereocenters. The van der Waals surface area contributed by atoms with Gasteiger partial charge in [0.1, 0.15) is 0 Å². The molecule has 1 heterocycles. The summed E-state index contributed by atoms with van der Waals surface area (Å²) in [5.41, 5.74) is 2.12. The zero-order chi connectivity index (χ0) is 14.4. The molecule has 0 radical (unpaired) electrons. The maximum atomic E-state index is 10.1. The summed E-state index contributed by atoms with van der Waals surface area (Å²) in [6, 6.07) is 7.92. The Bertz CT molecular complexity index is 554. The number of nitrogens with one attached hydrogen (secondary N) is 1. The molecule has 0 aliphatic heterocycles. The van der Waals surface area contributed by atoms with E-state index in [1.54, 1.807) is 6.08 Å². The van der Waals surface area contributed by atoms with Crippen molar-refractivity contribution in [3.8, 4) is 0 Å². The summed E-state index contributed by atoms with van der Waals surface area (Å²) >= 11 is 2.99. The lowest BCUT2D eigenvalue weighted by Gasteiger charge is -2.09. The van der Waals surface area contributed by atoms with E-state index >= 15 is 0 Å². The molecule has 0 aliphatic carbocycles. The molecule has 2 aromatic rings. The van der Waals surface area contributed by atoms with Crippen molar-refractivity contribution in [2.75, 3.05) is 17.6 Å². The quantitative estimate of drug-likeness (QED) is 0.607. The number of hydrogen-bond donors (Lipinski definition) is 2. The molecule has 6 heteroatoms. The molecule has 2 N–H and O–H groups in total. The van der Waals surface area contributed by atoms with Crippen LogP contribution in [0.1, 0.15) is 17.2 Å². The van der Waals surface area contributed by atoms with Crippen LogP contribution in [-0.4, -0.2) is 27.6 Å². The van der Waals surface area contributed by atoms with Gasteiger partial charge in [-0.15, -0.1) is 16.8 Å².